The Balaban J connectivity index is 1.23. The minimum Gasteiger partial charge on any atom is -0.282 e. The van der Waals surface area contributed by atoms with Gasteiger partial charge < -0.3 is 0 Å². The normalized spacial score (nSPS) is 37.1. The smallest absolute Gasteiger partial charge is 0.215 e. The second-order valence-electron chi connectivity index (χ2n) is 14.8. The third-order valence-electron chi connectivity index (χ3n) is 12.0. The fourth-order valence-electron chi connectivity index (χ4n) is 9.86. The van der Waals surface area contributed by atoms with E-state index in [-0.39, 0.29) is 5.12 Å². The molecular weight excluding hydrogens is 492 g/mol. The summed E-state index contributed by atoms with van der Waals surface area (Å²) in [6.07, 6.45) is 19.6. The molecule has 214 valence electrons. The van der Waals surface area contributed by atoms with Crippen molar-refractivity contribution in [2.75, 3.05) is 0 Å². The Morgan fingerprint density at radius 2 is 1.77 bits per heavy atom. The first kappa shape index (κ1) is 29.2. The minimum absolute atomic E-state index is 0.259. The standard InChI is InChI=1S/C37H54OS/c1-25(2)11-10-12-26(3)32-17-18-33-31-16-15-29-24-30(19-21-36(29,5)34(31)20-22-37(32,33)6)39-35(38)27(4)23-28-13-8-7-9-14-28/h7-9,13-15,23,25-26,30-34H,10-12,16-22,24H2,1-6H3/t26-,30+,31-,32+,33-,34+,36+,37-/m1/s1. The SMILES string of the molecule is CC(=Cc1ccccc1)C(=O)S[C@H]1CC[C@@]2(C)C(=CC[C@@H]3[C@H]4CC[C@@H]([C@H](C)CCCC(C)C)[C@@]4(C)CC[C@@H]32)C1. The van der Waals surface area contributed by atoms with Gasteiger partial charge in [-0.05, 0) is 116 Å². The van der Waals surface area contributed by atoms with Crippen LogP contribution in [0.4, 0.5) is 0 Å². The summed E-state index contributed by atoms with van der Waals surface area (Å²) < 4.78 is 0. The molecule has 0 radical (unpaired) electrons. The molecule has 1 aromatic carbocycles. The van der Waals surface area contributed by atoms with Crippen molar-refractivity contribution in [3.63, 3.8) is 0 Å². The van der Waals surface area contributed by atoms with Crippen LogP contribution in [0.25, 0.3) is 6.08 Å². The van der Waals surface area contributed by atoms with Gasteiger partial charge in [0.25, 0.3) is 0 Å². The molecule has 0 N–H and O–H groups in total. The van der Waals surface area contributed by atoms with Crippen LogP contribution in [0.15, 0.2) is 47.6 Å². The maximum Gasteiger partial charge on any atom is 0.215 e. The lowest BCUT2D eigenvalue weighted by Crippen LogP contribution is -2.50. The number of fused-ring (bicyclic) bond motifs is 5. The van der Waals surface area contributed by atoms with E-state index in [9.17, 15) is 4.79 Å². The van der Waals surface area contributed by atoms with Gasteiger partial charge in [-0.1, -0.05) is 108 Å². The molecule has 0 amide bonds. The van der Waals surface area contributed by atoms with Crippen molar-refractivity contribution in [3.8, 4) is 0 Å². The summed E-state index contributed by atoms with van der Waals surface area (Å²) in [4.78, 5) is 13.1. The lowest BCUT2D eigenvalue weighted by Gasteiger charge is -2.58. The van der Waals surface area contributed by atoms with E-state index in [1.165, 1.54) is 64.2 Å². The first-order chi connectivity index (χ1) is 18.6. The Morgan fingerprint density at radius 3 is 2.51 bits per heavy atom. The van der Waals surface area contributed by atoms with Crippen molar-refractivity contribution >= 4 is 23.0 Å². The van der Waals surface area contributed by atoms with E-state index in [0.717, 1.165) is 53.1 Å². The molecule has 2 heteroatoms. The molecule has 4 aliphatic carbocycles. The first-order valence-electron chi connectivity index (χ1n) is 16.3. The third-order valence-corrected chi connectivity index (χ3v) is 13.3. The quantitative estimate of drug-likeness (QED) is 0.238. The summed E-state index contributed by atoms with van der Waals surface area (Å²) in [6, 6.07) is 10.3. The Hall–Kier alpha value is -1.28. The zero-order chi connectivity index (χ0) is 27.8. The number of carbonyl (C=O) groups is 1. The van der Waals surface area contributed by atoms with E-state index >= 15 is 0 Å². The van der Waals surface area contributed by atoms with Gasteiger partial charge in [0.05, 0.1) is 0 Å². The van der Waals surface area contributed by atoms with Crippen LogP contribution in [0.1, 0.15) is 118 Å². The maximum absolute atomic E-state index is 13.1. The molecule has 3 fully saturated rings. The van der Waals surface area contributed by atoms with Gasteiger partial charge in [0.2, 0.25) is 5.12 Å². The second-order valence-corrected chi connectivity index (χ2v) is 16.1. The van der Waals surface area contributed by atoms with Gasteiger partial charge in [0.1, 0.15) is 0 Å². The first-order valence-corrected chi connectivity index (χ1v) is 17.1. The van der Waals surface area contributed by atoms with Gasteiger partial charge in [-0.25, -0.2) is 0 Å². The number of allylic oxidation sites excluding steroid dienone is 2. The van der Waals surface area contributed by atoms with E-state index in [0.29, 0.717) is 16.1 Å². The highest BCUT2D eigenvalue weighted by molar-refractivity contribution is 8.14. The molecule has 39 heavy (non-hydrogen) atoms. The molecule has 4 aliphatic rings. The van der Waals surface area contributed by atoms with Gasteiger partial charge in [-0.3, -0.25) is 4.79 Å². The highest BCUT2D eigenvalue weighted by atomic mass is 32.2. The topological polar surface area (TPSA) is 17.1 Å². The zero-order valence-corrected chi connectivity index (χ0v) is 26.5. The van der Waals surface area contributed by atoms with E-state index in [1.807, 2.05) is 31.2 Å². The second kappa shape index (κ2) is 11.9. The van der Waals surface area contributed by atoms with Gasteiger partial charge in [-0.15, -0.1) is 0 Å². The summed E-state index contributed by atoms with van der Waals surface area (Å²) in [5, 5.41) is 0.693. The fourth-order valence-corrected chi connectivity index (χ4v) is 10.9. The summed E-state index contributed by atoms with van der Waals surface area (Å²) in [6.45, 7) is 14.6. The molecule has 3 saturated carbocycles. The van der Waals surface area contributed by atoms with Gasteiger partial charge in [0.15, 0.2) is 0 Å². The molecule has 0 heterocycles. The highest BCUT2D eigenvalue weighted by Crippen LogP contribution is 2.67. The molecular formula is C37H54OS. The molecule has 5 rings (SSSR count). The Labute approximate surface area is 244 Å². The van der Waals surface area contributed by atoms with Crippen LogP contribution in [0.2, 0.25) is 0 Å². The van der Waals surface area contributed by atoms with Gasteiger partial charge in [-0.2, -0.15) is 0 Å². The third kappa shape index (κ3) is 5.89. The average molecular weight is 547 g/mol. The Bertz CT molecular complexity index is 1070. The molecule has 0 saturated heterocycles. The number of rotatable bonds is 8. The van der Waals surface area contributed by atoms with Crippen molar-refractivity contribution in [1.82, 2.24) is 0 Å². The Kier molecular flexibility index (Phi) is 8.92. The van der Waals surface area contributed by atoms with Crippen molar-refractivity contribution < 1.29 is 4.79 Å². The van der Waals surface area contributed by atoms with Gasteiger partial charge >= 0.3 is 0 Å². The van der Waals surface area contributed by atoms with Crippen LogP contribution in [0.3, 0.4) is 0 Å². The zero-order valence-electron chi connectivity index (χ0n) is 25.7. The predicted molar refractivity (Wildman–Crippen MR) is 170 cm³/mol. The summed E-state index contributed by atoms with van der Waals surface area (Å²) >= 11 is 1.61. The summed E-state index contributed by atoms with van der Waals surface area (Å²) in [7, 11) is 0. The Morgan fingerprint density at radius 1 is 1.00 bits per heavy atom. The van der Waals surface area contributed by atoms with Crippen LogP contribution < -0.4 is 0 Å². The molecule has 0 aliphatic heterocycles. The van der Waals surface area contributed by atoms with Crippen molar-refractivity contribution in [1.29, 1.82) is 0 Å². The number of benzene rings is 1. The van der Waals surface area contributed by atoms with Crippen molar-refractivity contribution in [3.05, 3.63) is 53.1 Å². The minimum atomic E-state index is 0.259. The van der Waals surface area contributed by atoms with Crippen LogP contribution in [-0.2, 0) is 4.79 Å². The molecule has 0 spiro atoms. The maximum atomic E-state index is 13.1. The number of thioether (sulfide) groups is 1. The van der Waals surface area contributed by atoms with E-state index in [1.54, 1.807) is 17.3 Å². The number of hydrogen-bond acceptors (Lipinski definition) is 2. The molecule has 0 unspecified atom stereocenters. The largest absolute Gasteiger partial charge is 0.282 e. The predicted octanol–water partition coefficient (Wildman–Crippen LogP) is 10.8. The average Bonchev–Trinajstić information content (AvgIpc) is 3.26. The molecule has 0 aromatic heterocycles. The lowest BCUT2D eigenvalue weighted by molar-refractivity contribution is -0.107. The van der Waals surface area contributed by atoms with Crippen LogP contribution >= 0.6 is 11.8 Å². The number of carbonyl (C=O) groups excluding carboxylic acids is 1. The van der Waals surface area contributed by atoms with Crippen LogP contribution in [0.5, 0.6) is 0 Å². The highest BCUT2D eigenvalue weighted by Gasteiger charge is 2.59. The fraction of sp³-hybridized carbons (Fsp3) is 0.703. The molecule has 1 aromatic rings. The summed E-state index contributed by atoms with van der Waals surface area (Å²) in [5.74, 6) is 5.30. The molecule has 8 atom stereocenters. The molecule has 1 nitrogen and oxygen atoms in total. The monoisotopic (exact) mass is 546 g/mol. The van der Waals surface area contributed by atoms with Crippen LogP contribution in [-0.4, -0.2) is 10.4 Å². The number of hydrogen-bond donors (Lipinski definition) is 0. The summed E-state index contributed by atoms with van der Waals surface area (Å²) in [5.41, 5.74) is 4.61. The van der Waals surface area contributed by atoms with Crippen molar-refractivity contribution in [2.24, 2.45) is 46.3 Å². The van der Waals surface area contributed by atoms with Crippen molar-refractivity contribution in [2.45, 2.75) is 117 Å². The van der Waals surface area contributed by atoms with Crippen LogP contribution in [0, 0.1) is 46.3 Å². The van der Waals surface area contributed by atoms with E-state index in [2.05, 4.69) is 52.8 Å². The van der Waals surface area contributed by atoms with E-state index in [4.69, 9.17) is 0 Å². The molecule has 0 bridgehead atoms. The lowest BCUT2D eigenvalue weighted by atomic mass is 9.47. The van der Waals surface area contributed by atoms with Gasteiger partial charge in [0, 0.05) is 10.8 Å². The van der Waals surface area contributed by atoms with E-state index < -0.39 is 0 Å².